The minimum Gasteiger partial charge on any atom is -0.375 e. The van der Waals surface area contributed by atoms with Gasteiger partial charge < -0.3 is 4.74 Å². The van der Waals surface area contributed by atoms with Gasteiger partial charge in [-0.05, 0) is 42.1 Å². The van der Waals surface area contributed by atoms with Crippen LogP contribution in [0.3, 0.4) is 0 Å². The molecule has 0 radical (unpaired) electrons. The number of rotatable bonds is 5. The fourth-order valence-corrected chi connectivity index (χ4v) is 3.85. The summed E-state index contributed by atoms with van der Waals surface area (Å²) in [5.74, 6) is 6.66. The van der Waals surface area contributed by atoms with Crippen molar-refractivity contribution in [1.29, 1.82) is 0 Å². The summed E-state index contributed by atoms with van der Waals surface area (Å²) < 4.78 is 9.01. The molecule has 20 heavy (non-hydrogen) atoms. The minimum atomic E-state index is 0.0355. The lowest BCUT2D eigenvalue weighted by Crippen LogP contribution is -2.40. The first kappa shape index (κ1) is 15.9. The summed E-state index contributed by atoms with van der Waals surface area (Å²) in [6, 6.07) is 0.0355. The first-order chi connectivity index (χ1) is 9.51. The summed E-state index contributed by atoms with van der Waals surface area (Å²) in [5, 5.41) is 4.45. The van der Waals surface area contributed by atoms with Crippen molar-refractivity contribution in [2.75, 3.05) is 0 Å². The Hall–Kier alpha value is -0.430. The van der Waals surface area contributed by atoms with Gasteiger partial charge >= 0.3 is 0 Å². The fourth-order valence-electron chi connectivity index (χ4n) is 3.31. The maximum absolute atomic E-state index is 5.97. The zero-order chi connectivity index (χ0) is 14.9. The molecule has 5 unspecified atom stereocenters. The van der Waals surface area contributed by atoms with Gasteiger partial charge in [0.1, 0.15) is 0 Å². The molecule has 1 aromatic heterocycles. The Bertz CT molecular complexity index is 450. The molecule has 0 aliphatic carbocycles. The van der Waals surface area contributed by atoms with E-state index in [-0.39, 0.29) is 18.2 Å². The molecule has 3 N–H and O–H groups in total. The van der Waals surface area contributed by atoms with Crippen molar-refractivity contribution in [2.45, 2.75) is 58.9 Å². The van der Waals surface area contributed by atoms with Gasteiger partial charge in [0.2, 0.25) is 0 Å². The van der Waals surface area contributed by atoms with Crippen LogP contribution >= 0.6 is 15.9 Å². The van der Waals surface area contributed by atoms with Gasteiger partial charge in [-0.3, -0.25) is 16.0 Å². The van der Waals surface area contributed by atoms with Crippen molar-refractivity contribution >= 4 is 15.9 Å². The number of nitrogens with two attached hydrogens (primary N) is 1. The predicted octanol–water partition coefficient (Wildman–Crippen LogP) is 2.62. The lowest BCUT2D eigenvalue weighted by molar-refractivity contribution is 0.0471. The number of hydrogen-bond donors (Lipinski definition) is 2. The van der Waals surface area contributed by atoms with Crippen LogP contribution < -0.4 is 11.3 Å². The van der Waals surface area contributed by atoms with Crippen LogP contribution in [0.4, 0.5) is 0 Å². The van der Waals surface area contributed by atoms with Crippen LogP contribution in [0.15, 0.2) is 10.7 Å². The predicted molar refractivity (Wildman–Crippen MR) is 82.9 cm³/mol. The number of hydrazine groups is 1. The molecule has 5 atom stereocenters. The Morgan fingerprint density at radius 3 is 2.65 bits per heavy atom. The van der Waals surface area contributed by atoms with Crippen molar-refractivity contribution in [1.82, 2.24) is 15.2 Å². The fraction of sp³-hybridized carbons (Fsp3) is 0.786. The molecule has 0 amide bonds. The van der Waals surface area contributed by atoms with Crippen molar-refractivity contribution in [3.8, 4) is 0 Å². The molecular weight excluding hydrogens is 320 g/mol. The Morgan fingerprint density at radius 1 is 1.45 bits per heavy atom. The number of aryl methyl sites for hydroxylation is 1. The van der Waals surface area contributed by atoms with E-state index in [1.807, 2.05) is 10.9 Å². The molecule has 1 aromatic rings. The Balaban J connectivity index is 2.35. The van der Waals surface area contributed by atoms with E-state index in [0.29, 0.717) is 11.8 Å². The summed E-state index contributed by atoms with van der Waals surface area (Å²) in [5.41, 5.74) is 4.12. The van der Waals surface area contributed by atoms with Crippen LogP contribution in [0.2, 0.25) is 0 Å². The molecule has 0 spiro atoms. The molecule has 1 fully saturated rings. The number of ether oxygens (including phenoxy) is 1. The first-order valence-corrected chi connectivity index (χ1v) is 8.13. The van der Waals surface area contributed by atoms with E-state index in [0.717, 1.165) is 23.1 Å². The van der Waals surface area contributed by atoms with Gasteiger partial charge in [0.25, 0.3) is 0 Å². The number of nitrogens with one attached hydrogen (secondary N) is 1. The van der Waals surface area contributed by atoms with Gasteiger partial charge in [0.15, 0.2) is 0 Å². The van der Waals surface area contributed by atoms with Gasteiger partial charge in [-0.15, -0.1) is 0 Å². The van der Waals surface area contributed by atoms with Crippen LogP contribution in [-0.4, -0.2) is 22.0 Å². The van der Waals surface area contributed by atoms with Crippen LogP contribution in [0.5, 0.6) is 0 Å². The van der Waals surface area contributed by atoms with E-state index in [1.54, 1.807) is 0 Å². The zero-order valence-electron chi connectivity index (χ0n) is 12.6. The third-order valence-electron chi connectivity index (χ3n) is 4.45. The van der Waals surface area contributed by atoms with Crippen LogP contribution in [0, 0.1) is 11.8 Å². The number of nitrogens with zero attached hydrogens (tertiary/aromatic N) is 2. The molecule has 1 aliphatic heterocycles. The lowest BCUT2D eigenvalue weighted by atomic mass is 9.82. The largest absolute Gasteiger partial charge is 0.375 e. The molecule has 0 bridgehead atoms. The van der Waals surface area contributed by atoms with E-state index in [2.05, 4.69) is 54.1 Å². The summed E-state index contributed by atoms with van der Waals surface area (Å²) in [4.78, 5) is 0. The van der Waals surface area contributed by atoms with Gasteiger partial charge in [0, 0.05) is 12.5 Å². The number of hydrogen-bond acceptors (Lipinski definition) is 4. The average Bonchev–Trinajstić information content (AvgIpc) is 2.87. The highest BCUT2D eigenvalue weighted by molar-refractivity contribution is 9.10. The second kappa shape index (κ2) is 6.56. The molecule has 2 heterocycles. The summed E-state index contributed by atoms with van der Waals surface area (Å²) in [7, 11) is 0. The Morgan fingerprint density at radius 2 is 2.15 bits per heavy atom. The maximum Gasteiger partial charge on any atom is 0.0713 e. The number of aromatic nitrogens is 2. The van der Waals surface area contributed by atoms with Crippen molar-refractivity contribution < 1.29 is 4.74 Å². The average molecular weight is 345 g/mol. The van der Waals surface area contributed by atoms with Gasteiger partial charge in [-0.25, -0.2) is 0 Å². The zero-order valence-corrected chi connectivity index (χ0v) is 14.2. The van der Waals surface area contributed by atoms with E-state index < -0.39 is 0 Å². The number of halogens is 1. The molecule has 2 rings (SSSR count). The lowest BCUT2D eigenvalue weighted by Gasteiger charge is -2.29. The topological polar surface area (TPSA) is 65.1 Å². The van der Waals surface area contributed by atoms with E-state index in [1.165, 1.54) is 0 Å². The molecule has 1 saturated heterocycles. The normalized spacial score (nSPS) is 31.7. The van der Waals surface area contributed by atoms with Crippen LogP contribution in [0.25, 0.3) is 0 Å². The second-order valence-corrected chi connectivity index (χ2v) is 6.58. The van der Waals surface area contributed by atoms with E-state index >= 15 is 0 Å². The highest BCUT2D eigenvalue weighted by Gasteiger charge is 2.43. The van der Waals surface area contributed by atoms with Crippen molar-refractivity contribution in [2.24, 2.45) is 17.7 Å². The minimum absolute atomic E-state index is 0.0355. The van der Waals surface area contributed by atoms with Gasteiger partial charge in [-0.1, -0.05) is 13.8 Å². The molecular formula is C14H25BrN4O. The van der Waals surface area contributed by atoms with Gasteiger partial charge in [0.05, 0.1) is 34.6 Å². The van der Waals surface area contributed by atoms with E-state index in [9.17, 15) is 0 Å². The monoisotopic (exact) mass is 344 g/mol. The Kier molecular flexibility index (Phi) is 5.23. The summed E-state index contributed by atoms with van der Waals surface area (Å²) in [6.45, 7) is 9.54. The highest BCUT2D eigenvalue weighted by Crippen LogP contribution is 2.41. The van der Waals surface area contributed by atoms with E-state index in [4.69, 9.17) is 10.6 Å². The van der Waals surface area contributed by atoms with Crippen molar-refractivity contribution in [3.63, 3.8) is 0 Å². The third kappa shape index (κ3) is 2.79. The molecule has 114 valence electrons. The quantitative estimate of drug-likeness (QED) is 0.636. The maximum atomic E-state index is 5.97. The summed E-state index contributed by atoms with van der Waals surface area (Å²) in [6.07, 6.45) is 3.33. The third-order valence-corrected chi connectivity index (χ3v) is 5.06. The molecule has 0 saturated carbocycles. The molecule has 0 aromatic carbocycles. The molecule has 1 aliphatic rings. The molecule has 5 nitrogen and oxygen atoms in total. The van der Waals surface area contributed by atoms with Gasteiger partial charge in [-0.2, -0.15) is 5.10 Å². The summed E-state index contributed by atoms with van der Waals surface area (Å²) >= 11 is 3.61. The first-order valence-electron chi connectivity index (χ1n) is 7.34. The molecule has 6 heteroatoms. The van der Waals surface area contributed by atoms with Crippen LogP contribution in [-0.2, 0) is 11.3 Å². The van der Waals surface area contributed by atoms with Crippen molar-refractivity contribution in [3.05, 3.63) is 16.4 Å². The van der Waals surface area contributed by atoms with Crippen LogP contribution in [0.1, 0.15) is 45.9 Å². The highest BCUT2D eigenvalue weighted by atomic mass is 79.9. The smallest absolute Gasteiger partial charge is 0.0713 e. The Labute approximate surface area is 129 Å². The standard InChI is InChI=1S/C14H25BrN4O/c1-5-6-19-14(11(15)7-17-19)13(18-16)12-8(2)9(3)20-10(12)4/h7-10,12-13,18H,5-6,16H2,1-4H3. The SMILES string of the molecule is CCCn1ncc(Br)c1C(NN)C1C(C)OC(C)C1C. The second-order valence-electron chi connectivity index (χ2n) is 5.73.